The second-order valence-corrected chi connectivity index (χ2v) is 5.19. The van der Waals surface area contributed by atoms with Crippen LogP contribution in [0.4, 0.5) is 0 Å². The number of aryl methyl sites for hydroxylation is 1. The predicted molar refractivity (Wildman–Crippen MR) is 71.3 cm³/mol. The van der Waals surface area contributed by atoms with E-state index in [1.165, 1.54) is 0 Å². The van der Waals surface area contributed by atoms with Gasteiger partial charge < -0.3 is 4.57 Å². The third-order valence-electron chi connectivity index (χ3n) is 3.21. The molecule has 1 aromatic carbocycles. The van der Waals surface area contributed by atoms with E-state index in [2.05, 4.69) is 10.6 Å². The molecule has 3 nitrogen and oxygen atoms in total. The number of hydrogen-bond acceptors (Lipinski definition) is 2. The highest BCUT2D eigenvalue weighted by Crippen LogP contribution is 2.23. The fourth-order valence-corrected chi connectivity index (χ4v) is 1.93. The van der Waals surface area contributed by atoms with E-state index >= 15 is 0 Å². The molecule has 0 aliphatic rings. The molecule has 0 bridgehead atoms. The SMILES string of the molecule is CC(C)(C#N)CCn1ccc2ccc(C=O)cc21. The van der Waals surface area contributed by atoms with Crippen LogP contribution in [0.1, 0.15) is 30.6 Å². The lowest BCUT2D eigenvalue weighted by Gasteiger charge is -2.15. The van der Waals surface area contributed by atoms with Gasteiger partial charge in [-0.15, -0.1) is 0 Å². The van der Waals surface area contributed by atoms with Gasteiger partial charge >= 0.3 is 0 Å². The summed E-state index contributed by atoms with van der Waals surface area (Å²) in [6.45, 7) is 4.66. The number of fused-ring (bicyclic) bond motifs is 1. The van der Waals surface area contributed by atoms with Crippen LogP contribution in [0.15, 0.2) is 30.5 Å². The van der Waals surface area contributed by atoms with Crippen molar-refractivity contribution in [2.24, 2.45) is 5.41 Å². The van der Waals surface area contributed by atoms with Gasteiger partial charge in [-0.2, -0.15) is 5.26 Å². The summed E-state index contributed by atoms with van der Waals surface area (Å²) in [6, 6.07) is 9.99. The molecule has 0 radical (unpaired) electrons. The van der Waals surface area contributed by atoms with E-state index in [1.807, 2.05) is 44.3 Å². The molecule has 1 heterocycles. The lowest BCUT2D eigenvalue weighted by Crippen LogP contribution is -2.11. The van der Waals surface area contributed by atoms with E-state index in [1.54, 1.807) is 0 Å². The molecule has 0 saturated carbocycles. The van der Waals surface area contributed by atoms with E-state index in [0.717, 1.165) is 30.2 Å². The third kappa shape index (κ3) is 2.43. The fraction of sp³-hybridized carbons (Fsp3) is 0.333. The average molecular weight is 240 g/mol. The highest BCUT2D eigenvalue weighted by atomic mass is 16.1. The van der Waals surface area contributed by atoms with Crippen molar-refractivity contribution in [3.05, 3.63) is 36.0 Å². The Hall–Kier alpha value is -2.08. The minimum atomic E-state index is -0.321. The van der Waals surface area contributed by atoms with Crippen molar-refractivity contribution in [3.63, 3.8) is 0 Å². The van der Waals surface area contributed by atoms with Gasteiger partial charge in [0.25, 0.3) is 0 Å². The number of carbonyl (C=O) groups is 1. The first-order valence-corrected chi connectivity index (χ1v) is 6.01. The molecule has 0 fully saturated rings. The van der Waals surface area contributed by atoms with Crippen LogP contribution in [0.2, 0.25) is 0 Å². The van der Waals surface area contributed by atoms with Crippen molar-refractivity contribution >= 4 is 17.2 Å². The van der Waals surface area contributed by atoms with Crippen molar-refractivity contribution in [2.45, 2.75) is 26.8 Å². The number of aromatic nitrogens is 1. The first-order valence-electron chi connectivity index (χ1n) is 6.01. The van der Waals surface area contributed by atoms with Gasteiger partial charge in [-0.3, -0.25) is 4.79 Å². The van der Waals surface area contributed by atoms with E-state index in [-0.39, 0.29) is 5.41 Å². The molecule has 2 rings (SSSR count). The number of nitriles is 1. The molecule has 0 unspecified atom stereocenters. The maximum Gasteiger partial charge on any atom is 0.150 e. The Kier molecular flexibility index (Phi) is 3.20. The maximum atomic E-state index is 10.8. The Morgan fingerprint density at radius 1 is 1.39 bits per heavy atom. The van der Waals surface area contributed by atoms with Crippen molar-refractivity contribution in [3.8, 4) is 6.07 Å². The topological polar surface area (TPSA) is 45.8 Å². The molecule has 0 aliphatic heterocycles. The molecular formula is C15H16N2O. The van der Waals surface area contributed by atoms with Crippen LogP contribution in [-0.2, 0) is 6.54 Å². The van der Waals surface area contributed by atoms with E-state index in [0.29, 0.717) is 5.56 Å². The second-order valence-electron chi connectivity index (χ2n) is 5.19. The Balaban J connectivity index is 2.29. The summed E-state index contributed by atoms with van der Waals surface area (Å²) < 4.78 is 2.10. The summed E-state index contributed by atoms with van der Waals surface area (Å²) in [6.07, 6.45) is 3.65. The Labute approximate surface area is 107 Å². The van der Waals surface area contributed by atoms with Crippen LogP contribution in [0, 0.1) is 16.7 Å². The molecule has 3 heteroatoms. The molecule has 92 valence electrons. The fourth-order valence-electron chi connectivity index (χ4n) is 1.93. The number of carbonyl (C=O) groups excluding carboxylic acids is 1. The van der Waals surface area contributed by atoms with Gasteiger partial charge in [0.1, 0.15) is 6.29 Å². The van der Waals surface area contributed by atoms with Gasteiger partial charge in [0.15, 0.2) is 0 Å². The summed E-state index contributed by atoms with van der Waals surface area (Å²) in [5.41, 5.74) is 1.41. The number of nitrogens with zero attached hydrogens (tertiary/aromatic N) is 2. The second kappa shape index (κ2) is 4.66. The predicted octanol–water partition coefficient (Wildman–Crippen LogP) is 3.39. The minimum Gasteiger partial charge on any atom is -0.347 e. The first-order chi connectivity index (χ1) is 8.55. The Bertz CT molecular complexity index is 617. The van der Waals surface area contributed by atoms with Crippen LogP contribution in [0.25, 0.3) is 10.9 Å². The first kappa shape index (κ1) is 12.4. The lowest BCUT2D eigenvalue weighted by atomic mass is 9.91. The van der Waals surface area contributed by atoms with E-state index < -0.39 is 0 Å². The zero-order valence-corrected chi connectivity index (χ0v) is 10.7. The normalized spacial score (nSPS) is 11.4. The summed E-state index contributed by atoms with van der Waals surface area (Å²) >= 11 is 0. The smallest absolute Gasteiger partial charge is 0.150 e. The molecule has 0 amide bonds. The molecule has 1 aromatic heterocycles. The molecule has 0 saturated heterocycles. The largest absolute Gasteiger partial charge is 0.347 e. The summed E-state index contributed by atoms with van der Waals surface area (Å²) in [7, 11) is 0. The molecule has 0 N–H and O–H groups in total. The standard InChI is InChI=1S/C15H16N2O/c1-15(2,11-16)6-8-17-7-5-13-4-3-12(10-18)9-14(13)17/h3-5,7,9-10H,6,8H2,1-2H3. The Morgan fingerprint density at radius 3 is 2.83 bits per heavy atom. The number of rotatable bonds is 4. The number of hydrogen-bond donors (Lipinski definition) is 0. The van der Waals surface area contributed by atoms with Gasteiger partial charge in [-0.1, -0.05) is 12.1 Å². The van der Waals surface area contributed by atoms with Crippen molar-refractivity contribution in [2.75, 3.05) is 0 Å². The zero-order valence-electron chi connectivity index (χ0n) is 10.7. The average Bonchev–Trinajstić information content (AvgIpc) is 2.78. The van der Waals surface area contributed by atoms with Gasteiger partial charge in [-0.05, 0) is 37.8 Å². The monoisotopic (exact) mass is 240 g/mol. The number of aldehydes is 1. The van der Waals surface area contributed by atoms with Gasteiger partial charge in [-0.25, -0.2) is 0 Å². The lowest BCUT2D eigenvalue weighted by molar-refractivity contribution is 0.112. The molecule has 2 aromatic rings. The molecular weight excluding hydrogens is 224 g/mol. The highest BCUT2D eigenvalue weighted by molar-refractivity contribution is 5.87. The summed E-state index contributed by atoms with van der Waals surface area (Å²) in [5.74, 6) is 0. The molecule has 18 heavy (non-hydrogen) atoms. The summed E-state index contributed by atoms with van der Waals surface area (Å²) in [5, 5.41) is 10.1. The number of benzene rings is 1. The van der Waals surface area contributed by atoms with Crippen molar-refractivity contribution in [1.29, 1.82) is 5.26 Å². The minimum absolute atomic E-state index is 0.321. The quantitative estimate of drug-likeness (QED) is 0.769. The van der Waals surface area contributed by atoms with E-state index in [9.17, 15) is 4.79 Å². The van der Waals surface area contributed by atoms with Crippen molar-refractivity contribution < 1.29 is 4.79 Å². The van der Waals surface area contributed by atoms with Gasteiger partial charge in [0.2, 0.25) is 0 Å². The molecule has 0 spiro atoms. The van der Waals surface area contributed by atoms with Gasteiger partial charge in [0, 0.05) is 23.8 Å². The van der Waals surface area contributed by atoms with Crippen LogP contribution in [-0.4, -0.2) is 10.9 Å². The van der Waals surface area contributed by atoms with E-state index in [4.69, 9.17) is 5.26 Å². The Morgan fingerprint density at radius 2 is 2.17 bits per heavy atom. The van der Waals surface area contributed by atoms with Crippen LogP contribution >= 0.6 is 0 Å². The van der Waals surface area contributed by atoms with Crippen LogP contribution < -0.4 is 0 Å². The van der Waals surface area contributed by atoms with Gasteiger partial charge in [0.05, 0.1) is 11.5 Å². The molecule has 0 aliphatic carbocycles. The van der Waals surface area contributed by atoms with Crippen LogP contribution in [0.5, 0.6) is 0 Å². The zero-order chi connectivity index (χ0) is 13.2. The third-order valence-corrected chi connectivity index (χ3v) is 3.21. The molecule has 0 atom stereocenters. The highest BCUT2D eigenvalue weighted by Gasteiger charge is 2.16. The maximum absolute atomic E-state index is 10.8. The van der Waals surface area contributed by atoms with Crippen molar-refractivity contribution in [1.82, 2.24) is 4.57 Å². The summed E-state index contributed by atoms with van der Waals surface area (Å²) in [4.78, 5) is 10.8. The van der Waals surface area contributed by atoms with Crippen LogP contribution in [0.3, 0.4) is 0 Å².